The van der Waals surface area contributed by atoms with Crippen LogP contribution < -0.4 is 15.8 Å². The van der Waals surface area contributed by atoms with Crippen LogP contribution >= 0.6 is 0 Å². The van der Waals surface area contributed by atoms with E-state index in [1.807, 2.05) is 19.1 Å². The average Bonchev–Trinajstić information content (AvgIpc) is 2.71. The highest BCUT2D eigenvalue weighted by Crippen LogP contribution is 2.31. The van der Waals surface area contributed by atoms with Gasteiger partial charge in [-0.05, 0) is 55.3 Å². The van der Waals surface area contributed by atoms with Gasteiger partial charge in [-0.15, -0.1) is 0 Å². The minimum Gasteiger partial charge on any atom is -0.483 e. The summed E-state index contributed by atoms with van der Waals surface area (Å²) in [5.74, 6) is -0.725. The molecule has 0 saturated heterocycles. The van der Waals surface area contributed by atoms with E-state index in [4.69, 9.17) is 20.5 Å². The van der Waals surface area contributed by atoms with E-state index < -0.39 is 17.9 Å². The van der Waals surface area contributed by atoms with E-state index in [1.54, 1.807) is 37.3 Å². The number of nitrogens with two attached hydrogens (primary N) is 1. The molecule has 0 fully saturated rings. The van der Waals surface area contributed by atoms with Gasteiger partial charge in [-0.2, -0.15) is 5.26 Å². The molecule has 0 saturated carbocycles. The highest BCUT2D eigenvalue weighted by atomic mass is 16.5. The van der Waals surface area contributed by atoms with Gasteiger partial charge in [0.25, 0.3) is 5.91 Å². The fourth-order valence-corrected chi connectivity index (χ4v) is 2.62. The number of nitrogens with zero attached hydrogens (tertiary/aromatic N) is 1. The summed E-state index contributed by atoms with van der Waals surface area (Å²) in [4.78, 5) is 23.8. The van der Waals surface area contributed by atoms with E-state index in [0.717, 1.165) is 12.0 Å². The van der Waals surface area contributed by atoms with Gasteiger partial charge in [-0.25, -0.2) is 4.79 Å². The minimum atomic E-state index is -0.859. The van der Waals surface area contributed by atoms with Crippen LogP contribution in [0.25, 0.3) is 0 Å². The third-order valence-electron chi connectivity index (χ3n) is 4.01. The summed E-state index contributed by atoms with van der Waals surface area (Å²) in [5, 5.41) is 12.1. The van der Waals surface area contributed by atoms with Crippen molar-refractivity contribution in [3.8, 4) is 11.8 Å². The normalized spacial score (nSPS) is 11.2. The van der Waals surface area contributed by atoms with Gasteiger partial charge in [0.1, 0.15) is 5.75 Å². The zero-order chi connectivity index (χ0) is 20.5. The first kappa shape index (κ1) is 20.8. The number of aryl methyl sites for hydroxylation is 1. The smallest absolute Gasteiger partial charge is 0.333 e. The number of carbonyl (C=O) groups excluding carboxylic acids is 2. The third-order valence-corrected chi connectivity index (χ3v) is 4.01. The molecule has 0 aliphatic rings. The highest BCUT2D eigenvalue weighted by Gasteiger charge is 2.26. The Balaban J connectivity index is 2.44. The van der Waals surface area contributed by atoms with Crippen LogP contribution in [0.2, 0.25) is 0 Å². The molecule has 0 spiro atoms. The second-order valence-corrected chi connectivity index (χ2v) is 6.00. The second-order valence-electron chi connectivity index (χ2n) is 6.00. The van der Waals surface area contributed by atoms with Gasteiger partial charge in [0, 0.05) is 11.3 Å². The van der Waals surface area contributed by atoms with Crippen LogP contribution in [0.15, 0.2) is 42.5 Å². The van der Waals surface area contributed by atoms with E-state index in [1.165, 1.54) is 0 Å². The van der Waals surface area contributed by atoms with Gasteiger partial charge in [0.05, 0.1) is 18.2 Å². The molecule has 0 radical (unpaired) electrons. The van der Waals surface area contributed by atoms with Crippen molar-refractivity contribution in [2.24, 2.45) is 5.73 Å². The molecule has 0 aliphatic heterocycles. The lowest BCUT2D eigenvalue weighted by molar-refractivity contribution is -0.144. The maximum absolute atomic E-state index is 12.7. The minimum absolute atomic E-state index is 0.218. The first-order chi connectivity index (χ1) is 13.5. The molecule has 0 heterocycles. The molecule has 0 aliphatic carbocycles. The van der Waals surface area contributed by atoms with Crippen molar-refractivity contribution < 1.29 is 19.1 Å². The molecule has 2 rings (SSSR count). The fourth-order valence-electron chi connectivity index (χ4n) is 2.62. The first-order valence-corrected chi connectivity index (χ1v) is 8.95. The van der Waals surface area contributed by atoms with Crippen molar-refractivity contribution in [3.05, 3.63) is 59.2 Å². The summed E-state index contributed by atoms with van der Waals surface area (Å²) in [5.41, 5.74) is 7.88. The number of benzene rings is 2. The topological polar surface area (TPSA) is 114 Å². The molecular formula is C21H23N3O4. The number of amides is 1. The number of hydrogen-bond acceptors (Lipinski definition) is 6. The largest absolute Gasteiger partial charge is 0.483 e. The molecule has 7 heteroatoms. The number of nitrogens with one attached hydrogen (secondary N) is 1. The summed E-state index contributed by atoms with van der Waals surface area (Å²) in [7, 11) is 0. The predicted octanol–water partition coefficient (Wildman–Crippen LogP) is 2.70. The number of esters is 1. The number of carbonyl (C=O) groups is 2. The van der Waals surface area contributed by atoms with Crippen molar-refractivity contribution >= 4 is 17.6 Å². The van der Waals surface area contributed by atoms with Gasteiger partial charge in [0.2, 0.25) is 0 Å². The molecule has 1 unspecified atom stereocenters. The van der Waals surface area contributed by atoms with E-state index >= 15 is 0 Å². The molecule has 7 nitrogen and oxygen atoms in total. The summed E-state index contributed by atoms with van der Waals surface area (Å²) in [6.45, 7) is 3.64. The number of hydrogen-bond donors (Lipinski definition) is 2. The standard InChI is InChI=1S/C21H23N3O4/c1-3-14-7-10-18(28-13-19(23)25)17(11-14)20(21(26)27-4-2)24-16-8-5-15(12-22)6-9-16/h5-11,20,24H,3-4,13H2,1-2H3,(H2,23,25). The van der Waals surface area contributed by atoms with Crippen molar-refractivity contribution in [2.45, 2.75) is 26.3 Å². The molecule has 28 heavy (non-hydrogen) atoms. The number of anilines is 1. The van der Waals surface area contributed by atoms with Gasteiger partial charge in [-0.3, -0.25) is 4.79 Å². The van der Waals surface area contributed by atoms with Gasteiger partial charge >= 0.3 is 5.97 Å². The molecule has 2 aromatic rings. The lowest BCUT2D eigenvalue weighted by atomic mass is 10.0. The SMILES string of the molecule is CCOC(=O)C(Nc1ccc(C#N)cc1)c1cc(CC)ccc1OCC(N)=O. The van der Waals surface area contributed by atoms with E-state index in [2.05, 4.69) is 11.4 Å². The van der Waals surface area contributed by atoms with E-state index in [0.29, 0.717) is 22.6 Å². The number of ether oxygens (including phenoxy) is 2. The average molecular weight is 381 g/mol. The third kappa shape index (κ3) is 5.48. The van der Waals surface area contributed by atoms with Crippen LogP contribution in [-0.4, -0.2) is 25.1 Å². The van der Waals surface area contributed by atoms with Crippen LogP contribution in [0, 0.1) is 11.3 Å². The van der Waals surface area contributed by atoms with Crippen molar-refractivity contribution in [1.29, 1.82) is 5.26 Å². The lowest BCUT2D eigenvalue weighted by Crippen LogP contribution is -2.25. The van der Waals surface area contributed by atoms with E-state index in [-0.39, 0.29) is 13.2 Å². The van der Waals surface area contributed by atoms with Crippen LogP contribution in [0.3, 0.4) is 0 Å². The Hall–Kier alpha value is -3.53. The van der Waals surface area contributed by atoms with Gasteiger partial charge < -0.3 is 20.5 Å². The van der Waals surface area contributed by atoms with Crippen molar-refractivity contribution in [1.82, 2.24) is 0 Å². The molecule has 2 aromatic carbocycles. The Morgan fingerprint density at radius 2 is 1.89 bits per heavy atom. The zero-order valence-electron chi connectivity index (χ0n) is 15.9. The van der Waals surface area contributed by atoms with Gasteiger partial charge in [-0.1, -0.05) is 13.0 Å². The van der Waals surface area contributed by atoms with E-state index in [9.17, 15) is 9.59 Å². The molecule has 0 bridgehead atoms. The Labute approximate surface area is 164 Å². The van der Waals surface area contributed by atoms with Crippen molar-refractivity contribution in [2.75, 3.05) is 18.5 Å². The Morgan fingerprint density at radius 3 is 2.46 bits per heavy atom. The monoisotopic (exact) mass is 381 g/mol. The van der Waals surface area contributed by atoms with Gasteiger partial charge in [0.15, 0.2) is 12.6 Å². The first-order valence-electron chi connectivity index (χ1n) is 8.95. The summed E-state index contributed by atoms with van der Waals surface area (Å²) in [6.07, 6.45) is 0.759. The molecule has 146 valence electrons. The maximum Gasteiger partial charge on any atom is 0.333 e. The number of nitriles is 1. The second kappa shape index (κ2) is 9.97. The lowest BCUT2D eigenvalue weighted by Gasteiger charge is -2.22. The Bertz CT molecular complexity index is 872. The number of rotatable bonds is 9. The maximum atomic E-state index is 12.7. The zero-order valence-corrected chi connectivity index (χ0v) is 15.9. The fraction of sp³-hybridized carbons (Fsp3) is 0.286. The van der Waals surface area contributed by atoms with Crippen molar-refractivity contribution in [3.63, 3.8) is 0 Å². The quantitative estimate of drug-likeness (QED) is 0.646. The molecule has 1 amide bonds. The van der Waals surface area contributed by atoms with Crippen LogP contribution in [0.5, 0.6) is 5.75 Å². The van der Waals surface area contributed by atoms with Crippen LogP contribution in [-0.2, 0) is 20.7 Å². The summed E-state index contributed by atoms with van der Waals surface area (Å²) >= 11 is 0. The molecule has 1 atom stereocenters. The molecular weight excluding hydrogens is 358 g/mol. The molecule has 0 aromatic heterocycles. The number of primary amides is 1. The summed E-state index contributed by atoms with van der Waals surface area (Å²) in [6, 6.07) is 13.3. The molecule has 3 N–H and O–H groups in total. The Kier molecular flexibility index (Phi) is 7.40. The summed E-state index contributed by atoms with van der Waals surface area (Å²) < 4.78 is 10.7. The highest BCUT2D eigenvalue weighted by molar-refractivity contribution is 5.82. The van der Waals surface area contributed by atoms with Crippen LogP contribution in [0.1, 0.15) is 36.6 Å². The van der Waals surface area contributed by atoms with Crippen LogP contribution in [0.4, 0.5) is 5.69 Å². The predicted molar refractivity (Wildman–Crippen MR) is 105 cm³/mol. The Morgan fingerprint density at radius 1 is 1.18 bits per heavy atom.